The summed E-state index contributed by atoms with van der Waals surface area (Å²) in [5.74, 6) is 0. The molecule has 0 unspecified atom stereocenters. The van der Waals surface area contributed by atoms with E-state index in [1.54, 1.807) is 11.3 Å². The van der Waals surface area contributed by atoms with Gasteiger partial charge < -0.3 is 10.4 Å². The highest BCUT2D eigenvalue weighted by Crippen LogP contribution is 2.26. The molecule has 0 aliphatic heterocycles. The Bertz CT molecular complexity index is 324. The second kappa shape index (κ2) is 4.82. The number of hydrogen-bond acceptors (Lipinski definition) is 4. The molecule has 0 spiro atoms. The van der Waals surface area contributed by atoms with Gasteiger partial charge >= 0.3 is 0 Å². The predicted molar refractivity (Wildman–Crippen MR) is 66.5 cm³/mol. The number of aliphatic hydroxyl groups excluding tert-OH is 1. The molecule has 0 radical (unpaired) electrons. The van der Waals surface area contributed by atoms with E-state index in [0.29, 0.717) is 0 Å². The van der Waals surface area contributed by atoms with E-state index < -0.39 is 0 Å². The lowest BCUT2D eigenvalue weighted by Gasteiger charge is -2.35. The van der Waals surface area contributed by atoms with Crippen molar-refractivity contribution in [1.82, 2.24) is 10.3 Å². The smallest absolute Gasteiger partial charge is 0.112 e. The van der Waals surface area contributed by atoms with Crippen LogP contribution < -0.4 is 5.32 Å². The van der Waals surface area contributed by atoms with Gasteiger partial charge in [-0.2, -0.15) is 0 Å². The Morgan fingerprint density at radius 1 is 1.44 bits per heavy atom. The number of hydrogen-bond donors (Lipinski definition) is 2. The van der Waals surface area contributed by atoms with E-state index in [0.717, 1.165) is 24.3 Å². The highest BCUT2D eigenvalue weighted by atomic mass is 32.1. The maximum absolute atomic E-state index is 9.95. The van der Waals surface area contributed by atoms with Crippen LogP contribution in [0.1, 0.15) is 44.5 Å². The van der Waals surface area contributed by atoms with Crippen LogP contribution >= 0.6 is 11.3 Å². The number of aliphatic hydroxyl groups is 1. The van der Waals surface area contributed by atoms with Crippen molar-refractivity contribution in [2.24, 2.45) is 0 Å². The molecule has 1 saturated carbocycles. The average Bonchev–Trinajstić information content (AvgIpc) is 2.75. The molecule has 16 heavy (non-hydrogen) atoms. The molecule has 2 atom stereocenters. The van der Waals surface area contributed by atoms with E-state index >= 15 is 0 Å². The van der Waals surface area contributed by atoms with Crippen LogP contribution in [0.4, 0.5) is 0 Å². The van der Waals surface area contributed by atoms with Crippen LogP contribution in [-0.2, 0) is 5.54 Å². The molecule has 1 aliphatic carbocycles. The van der Waals surface area contributed by atoms with Gasteiger partial charge in [-0.15, -0.1) is 11.3 Å². The van der Waals surface area contributed by atoms with Crippen molar-refractivity contribution in [3.63, 3.8) is 0 Å². The minimum atomic E-state index is -0.201. The Balaban J connectivity index is 2.02. The maximum atomic E-state index is 9.95. The molecule has 0 amide bonds. The van der Waals surface area contributed by atoms with Gasteiger partial charge in [-0.1, -0.05) is 12.8 Å². The van der Waals surface area contributed by atoms with Gasteiger partial charge in [0.25, 0.3) is 0 Å². The lowest BCUT2D eigenvalue weighted by Crippen LogP contribution is -2.50. The zero-order chi connectivity index (χ0) is 11.6. The largest absolute Gasteiger partial charge is 0.392 e. The van der Waals surface area contributed by atoms with Gasteiger partial charge in [0.2, 0.25) is 0 Å². The topological polar surface area (TPSA) is 45.1 Å². The summed E-state index contributed by atoms with van der Waals surface area (Å²) in [7, 11) is 0. The van der Waals surface area contributed by atoms with E-state index in [1.807, 2.05) is 11.6 Å². The standard InChI is InChI=1S/C12H20N2OS/c1-12(2,11-13-7-8-16-11)14-9-5-3-4-6-10(9)15/h7-10,14-15H,3-6H2,1-2H3/t9-,10-/m0/s1. The zero-order valence-corrected chi connectivity index (χ0v) is 10.8. The second-order valence-electron chi connectivity index (χ2n) is 5.06. The van der Waals surface area contributed by atoms with E-state index in [2.05, 4.69) is 24.1 Å². The number of rotatable bonds is 3. The molecular formula is C12H20N2OS. The van der Waals surface area contributed by atoms with Crippen molar-refractivity contribution in [3.8, 4) is 0 Å². The maximum Gasteiger partial charge on any atom is 0.112 e. The lowest BCUT2D eigenvalue weighted by molar-refractivity contribution is 0.0755. The van der Waals surface area contributed by atoms with Crippen LogP contribution in [0.3, 0.4) is 0 Å². The van der Waals surface area contributed by atoms with E-state index in [4.69, 9.17) is 0 Å². The van der Waals surface area contributed by atoms with Crippen LogP contribution in [0.15, 0.2) is 11.6 Å². The number of nitrogens with zero attached hydrogens (tertiary/aromatic N) is 1. The summed E-state index contributed by atoms with van der Waals surface area (Å²) in [5, 5.41) is 16.6. The zero-order valence-electron chi connectivity index (χ0n) is 9.94. The molecule has 1 heterocycles. The Kier molecular flexibility index (Phi) is 3.62. The third-order valence-corrected chi connectivity index (χ3v) is 4.34. The van der Waals surface area contributed by atoms with Crippen LogP contribution in [0, 0.1) is 0 Å². The third kappa shape index (κ3) is 2.62. The van der Waals surface area contributed by atoms with Gasteiger partial charge in [0, 0.05) is 17.6 Å². The molecule has 0 aromatic carbocycles. The molecule has 1 aromatic heterocycles. The predicted octanol–water partition coefficient (Wildman–Crippen LogP) is 2.27. The van der Waals surface area contributed by atoms with Gasteiger partial charge in [-0.3, -0.25) is 0 Å². The molecule has 3 nitrogen and oxygen atoms in total. The molecule has 0 saturated heterocycles. The van der Waals surface area contributed by atoms with Gasteiger partial charge in [-0.25, -0.2) is 4.98 Å². The van der Waals surface area contributed by atoms with Crippen molar-refractivity contribution in [1.29, 1.82) is 0 Å². The third-order valence-electron chi connectivity index (χ3n) is 3.24. The Hall–Kier alpha value is -0.450. The Morgan fingerprint density at radius 2 is 2.19 bits per heavy atom. The lowest BCUT2D eigenvalue weighted by atomic mass is 9.90. The summed E-state index contributed by atoms with van der Waals surface area (Å²) in [6, 6.07) is 0.215. The second-order valence-corrected chi connectivity index (χ2v) is 5.96. The van der Waals surface area contributed by atoms with E-state index in [1.165, 1.54) is 6.42 Å². The summed E-state index contributed by atoms with van der Waals surface area (Å²) in [6.45, 7) is 4.26. The summed E-state index contributed by atoms with van der Waals surface area (Å²) < 4.78 is 0. The minimum absolute atomic E-state index is 0.142. The Labute approximate surface area is 101 Å². The minimum Gasteiger partial charge on any atom is -0.392 e. The van der Waals surface area contributed by atoms with Crippen LogP contribution in [-0.4, -0.2) is 22.2 Å². The SMILES string of the molecule is CC(C)(N[C@H]1CCCC[C@@H]1O)c1nccs1. The van der Waals surface area contributed by atoms with Crippen LogP contribution in [0.5, 0.6) is 0 Å². The molecule has 2 N–H and O–H groups in total. The van der Waals surface area contributed by atoms with Gasteiger partial charge in [0.1, 0.15) is 5.01 Å². The monoisotopic (exact) mass is 240 g/mol. The van der Waals surface area contributed by atoms with Crippen molar-refractivity contribution >= 4 is 11.3 Å². The quantitative estimate of drug-likeness (QED) is 0.852. The summed E-state index contributed by atoms with van der Waals surface area (Å²) in [5.41, 5.74) is -0.142. The van der Waals surface area contributed by atoms with Gasteiger partial charge in [-0.05, 0) is 26.7 Å². The van der Waals surface area contributed by atoms with Gasteiger partial charge in [0.15, 0.2) is 0 Å². The number of thiazole rings is 1. The first kappa shape index (κ1) is 12.0. The first-order chi connectivity index (χ1) is 7.59. The normalized spacial score (nSPS) is 26.9. The summed E-state index contributed by atoms with van der Waals surface area (Å²) >= 11 is 1.66. The molecule has 4 heteroatoms. The average molecular weight is 240 g/mol. The number of aromatic nitrogens is 1. The first-order valence-corrected chi connectivity index (χ1v) is 6.83. The molecule has 2 rings (SSSR count). The van der Waals surface area contributed by atoms with E-state index in [9.17, 15) is 5.11 Å². The van der Waals surface area contributed by atoms with Gasteiger partial charge in [0.05, 0.1) is 11.6 Å². The molecule has 90 valence electrons. The van der Waals surface area contributed by atoms with E-state index in [-0.39, 0.29) is 17.7 Å². The van der Waals surface area contributed by atoms with Crippen molar-refractivity contribution in [3.05, 3.63) is 16.6 Å². The fourth-order valence-electron chi connectivity index (χ4n) is 2.34. The summed E-state index contributed by atoms with van der Waals surface area (Å²) in [4.78, 5) is 4.35. The van der Waals surface area contributed by atoms with Crippen molar-refractivity contribution in [2.75, 3.05) is 0 Å². The number of nitrogens with one attached hydrogen (secondary N) is 1. The molecule has 1 fully saturated rings. The molecule has 1 aliphatic rings. The molecule has 0 bridgehead atoms. The molecular weight excluding hydrogens is 220 g/mol. The van der Waals surface area contributed by atoms with Crippen LogP contribution in [0.25, 0.3) is 0 Å². The van der Waals surface area contributed by atoms with Crippen LogP contribution in [0.2, 0.25) is 0 Å². The highest BCUT2D eigenvalue weighted by Gasteiger charge is 2.31. The fraction of sp³-hybridized carbons (Fsp3) is 0.750. The fourth-order valence-corrected chi connectivity index (χ4v) is 3.06. The van der Waals surface area contributed by atoms with Crippen molar-refractivity contribution in [2.45, 2.75) is 57.2 Å². The molecule has 1 aromatic rings. The summed E-state index contributed by atoms with van der Waals surface area (Å²) in [6.07, 6.45) is 5.98. The first-order valence-electron chi connectivity index (χ1n) is 5.95. The highest BCUT2D eigenvalue weighted by molar-refractivity contribution is 7.09. The Morgan fingerprint density at radius 3 is 2.81 bits per heavy atom. The van der Waals surface area contributed by atoms with Crippen molar-refractivity contribution < 1.29 is 5.11 Å².